The maximum Gasteiger partial charge on any atom is 0.389 e. The van der Waals surface area contributed by atoms with Crippen molar-refractivity contribution in [1.82, 2.24) is 20.2 Å². The van der Waals surface area contributed by atoms with E-state index in [2.05, 4.69) is 20.2 Å². The van der Waals surface area contributed by atoms with Crippen LogP contribution in [0.25, 0.3) is 0 Å². The molecule has 0 amide bonds. The van der Waals surface area contributed by atoms with E-state index in [0.717, 1.165) is 67.7 Å². The Hall–Kier alpha value is -1.55. The van der Waals surface area contributed by atoms with Gasteiger partial charge in [0.15, 0.2) is 0 Å². The Morgan fingerprint density at radius 2 is 1.89 bits per heavy atom. The highest BCUT2D eigenvalue weighted by molar-refractivity contribution is 7.11. The van der Waals surface area contributed by atoms with Crippen molar-refractivity contribution in [2.75, 3.05) is 33.0 Å². The lowest BCUT2D eigenvalue weighted by Gasteiger charge is -2.30. The van der Waals surface area contributed by atoms with Gasteiger partial charge in [0.1, 0.15) is 0 Å². The van der Waals surface area contributed by atoms with E-state index >= 15 is 0 Å². The molecule has 0 bridgehead atoms. The molecule has 1 N–H and O–H groups in total. The number of nitrogens with zero attached hydrogens (tertiary/aromatic N) is 3. The number of hydrogen-bond donors (Lipinski definition) is 1. The zero-order chi connectivity index (χ0) is 25.4. The van der Waals surface area contributed by atoms with Gasteiger partial charge in [0.05, 0.1) is 18.3 Å². The van der Waals surface area contributed by atoms with Crippen LogP contribution in [0, 0.1) is 12.8 Å². The molecule has 0 radical (unpaired) electrons. The second-order valence-corrected chi connectivity index (χ2v) is 11.6. The quantitative estimate of drug-likeness (QED) is 0.311. The van der Waals surface area contributed by atoms with Gasteiger partial charge < -0.3 is 9.64 Å². The third-order valence-corrected chi connectivity index (χ3v) is 8.48. The summed E-state index contributed by atoms with van der Waals surface area (Å²) in [6.45, 7) is 6.42. The van der Waals surface area contributed by atoms with Crippen LogP contribution >= 0.6 is 11.3 Å². The largest absolute Gasteiger partial charge is 0.389 e. The van der Waals surface area contributed by atoms with Crippen LogP contribution < -0.4 is 5.32 Å². The molecule has 1 aliphatic heterocycles. The van der Waals surface area contributed by atoms with Crippen molar-refractivity contribution in [3.8, 4) is 0 Å². The van der Waals surface area contributed by atoms with E-state index < -0.39 is 12.6 Å². The smallest absolute Gasteiger partial charge is 0.366 e. The molecule has 3 heterocycles. The van der Waals surface area contributed by atoms with Crippen LogP contribution in [0.5, 0.6) is 0 Å². The molecule has 9 heteroatoms. The van der Waals surface area contributed by atoms with Gasteiger partial charge in [-0.15, -0.1) is 11.3 Å². The minimum atomic E-state index is -4.12. The van der Waals surface area contributed by atoms with Crippen molar-refractivity contribution >= 4 is 11.3 Å². The first-order valence-corrected chi connectivity index (χ1v) is 14.1. The van der Waals surface area contributed by atoms with E-state index in [4.69, 9.17) is 4.74 Å². The first-order valence-electron chi connectivity index (χ1n) is 13.3. The zero-order valence-electron chi connectivity index (χ0n) is 21.3. The van der Waals surface area contributed by atoms with Crippen molar-refractivity contribution in [3.63, 3.8) is 0 Å². The second-order valence-electron chi connectivity index (χ2n) is 10.3. The van der Waals surface area contributed by atoms with Gasteiger partial charge in [-0.3, -0.25) is 10.3 Å². The highest BCUT2D eigenvalue weighted by Crippen LogP contribution is 2.28. The van der Waals surface area contributed by atoms with Gasteiger partial charge in [-0.2, -0.15) is 13.2 Å². The Labute approximate surface area is 216 Å². The van der Waals surface area contributed by atoms with Gasteiger partial charge in [0.2, 0.25) is 0 Å². The lowest BCUT2D eigenvalue weighted by atomic mass is 9.84. The molecular formula is C27H39F3N4OS. The van der Waals surface area contributed by atoms with Gasteiger partial charge in [-0.1, -0.05) is 6.07 Å². The van der Waals surface area contributed by atoms with Gasteiger partial charge >= 0.3 is 6.18 Å². The fourth-order valence-corrected chi connectivity index (χ4v) is 6.07. The van der Waals surface area contributed by atoms with Crippen molar-refractivity contribution in [2.24, 2.45) is 5.92 Å². The minimum Gasteiger partial charge on any atom is -0.366 e. The highest BCUT2D eigenvalue weighted by Gasteiger charge is 2.27. The lowest BCUT2D eigenvalue weighted by Crippen LogP contribution is -2.36. The summed E-state index contributed by atoms with van der Waals surface area (Å²) >= 11 is 1.74. The fourth-order valence-electron chi connectivity index (χ4n) is 5.29. The fraction of sp³-hybridized carbons (Fsp3) is 0.704. The van der Waals surface area contributed by atoms with Gasteiger partial charge in [-0.05, 0) is 75.5 Å². The van der Waals surface area contributed by atoms with Crippen LogP contribution in [-0.2, 0) is 30.4 Å². The Morgan fingerprint density at radius 3 is 2.64 bits per heavy atom. The first-order chi connectivity index (χ1) is 17.3. The topological polar surface area (TPSA) is 50.3 Å². The highest BCUT2D eigenvalue weighted by atomic mass is 32.1. The van der Waals surface area contributed by atoms with E-state index in [0.29, 0.717) is 18.3 Å². The number of pyridine rings is 1. The van der Waals surface area contributed by atoms with Gasteiger partial charge in [0, 0.05) is 61.4 Å². The van der Waals surface area contributed by atoms with Crippen molar-refractivity contribution in [1.29, 1.82) is 0 Å². The molecule has 4 rings (SSSR count). The Bertz CT molecular complexity index is 943. The molecule has 1 saturated carbocycles. The number of aromatic nitrogens is 2. The number of ether oxygens (including phenoxy) is 1. The predicted molar refractivity (Wildman–Crippen MR) is 137 cm³/mol. The summed E-state index contributed by atoms with van der Waals surface area (Å²) in [5.74, 6) is 0.774. The Morgan fingerprint density at radius 1 is 1.08 bits per heavy atom. The van der Waals surface area contributed by atoms with Crippen molar-refractivity contribution < 1.29 is 17.9 Å². The third kappa shape index (κ3) is 9.08. The zero-order valence-corrected chi connectivity index (χ0v) is 22.1. The summed E-state index contributed by atoms with van der Waals surface area (Å²) in [4.78, 5) is 12.6. The maximum atomic E-state index is 12.6. The molecule has 0 saturated heterocycles. The molecule has 0 aromatic carbocycles. The summed E-state index contributed by atoms with van der Waals surface area (Å²) in [5.41, 5.74) is 2.89. The summed E-state index contributed by atoms with van der Waals surface area (Å²) < 4.78 is 43.5. The SMILES string of the molecule is Cc1ncc(CCOCNC2CCC(CCN3CCc4cc(CCC(F)(F)F)cnc4CC3)CC2)s1. The van der Waals surface area contributed by atoms with Crippen molar-refractivity contribution in [3.05, 3.63) is 45.2 Å². The number of aryl methyl sites for hydroxylation is 2. The van der Waals surface area contributed by atoms with E-state index in [-0.39, 0.29) is 6.42 Å². The monoisotopic (exact) mass is 524 g/mol. The molecule has 2 aromatic heterocycles. The molecule has 1 aliphatic carbocycles. The summed E-state index contributed by atoms with van der Waals surface area (Å²) in [7, 11) is 0. The molecule has 0 unspecified atom stereocenters. The van der Waals surface area contributed by atoms with E-state index in [1.165, 1.54) is 37.0 Å². The normalized spacial score (nSPS) is 21.3. The Kier molecular flexibility index (Phi) is 10.2. The van der Waals surface area contributed by atoms with E-state index in [9.17, 15) is 13.2 Å². The number of fused-ring (bicyclic) bond motifs is 1. The standard InChI is InChI=1S/C27H39F3N4OS/c1-20-31-18-25(36-20)10-15-35-19-33-24-4-2-21(3-5-24)7-12-34-13-8-23-16-22(6-11-27(28,29)30)17-32-26(23)9-14-34/h16-18,21,24,33H,2-15,19H2,1H3. The predicted octanol–water partition coefficient (Wildman–Crippen LogP) is 5.50. The van der Waals surface area contributed by atoms with Gasteiger partial charge in [-0.25, -0.2) is 4.98 Å². The Balaban J connectivity index is 1.09. The summed E-state index contributed by atoms with van der Waals surface area (Å²) in [6, 6.07) is 2.51. The molecule has 0 atom stereocenters. The molecule has 0 spiro atoms. The second kappa shape index (κ2) is 13.3. The molecule has 5 nitrogen and oxygen atoms in total. The molecule has 2 aromatic rings. The third-order valence-electron chi connectivity index (χ3n) is 7.51. The van der Waals surface area contributed by atoms with Crippen LogP contribution in [0.3, 0.4) is 0 Å². The van der Waals surface area contributed by atoms with Crippen LogP contribution in [0.15, 0.2) is 18.5 Å². The number of hydrogen-bond acceptors (Lipinski definition) is 6. The minimum absolute atomic E-state index is 0.0176. The number of halogens is 3. The summed E-state index contributed by atoms with van der Waals surface area (Å²) in [6.07, 6.45) is 7.54. The number of thiazole rings is 1. The lowest BCUT2D eigenvalue weighted by molar-refractivity contribution is -0.134. The number of nitrogens with one attached hydrogen (secondary N) is 1. The van der Waals surface area contributed by atoms with Crippen LogP contribution in [0.2, 0.25) is 0 Å². The molecular weight excluding hydrogens is 485 g/mol. The molecule has 36 heavy (non-hydrogen) atoms. The average molecular weight is 525 g/mol. The number of rotatable bonds is 11. The van der Waals surface area contributed by atoms with Crippen LogP contribution in [-0.4, -0.2) is 60.1 Å². The maximum absolute atomic E-state index is 12.6. The number of alkyl halides is 3. The van der Waals surface area contributed by atoms with Crippen LogP contribution in [0.4, 0.5) is 13.2 Å². The summed E-state index contributed by atoms with van der Waals surface area (Å²) in [5, 5.41) is 4.67. The van der Waals surface area contributed by atoms with Gasteiger partial charge in [0.25, 0.3) is 0 Å². The van der Waals surface area contributed by atoms with E-state index in [1.54, 1.807) is 17.5 Å². The van der Waals surface area contributed by atoms with Crippen molar-refractivity contribution in [2.45, 2.75) is 83.4 Å². The molecule has 200 valence electrons. The van der Waals surface area contributed by atoms with E-state index in [1.807, 2.05) is 19.2 Å². The molecule has 1 fully saturated rings. The molecule has 2 aliphatic rings. The first kappa shape index (κ1) is 27.5. The van der Waals surface area contributed by atoms with Crippen LogP contribution in [0.1, 0.15) is 65.2 Å². The average Bonchev–Trinajstić information content (AvgIpc) is 3.16.